The van der Waals surface area contributed by atoms with Crippen molar-refractivity contribution in [3.05, 3.63) is 23.8 Å². The SMILES string of the molecule is CCOC(=O)C(=O)Nc1ccc(N)cc1C#N. The van der Waals surface area contributed by atoms with Gasteiger partial charge in [0.05, 0.1) is 17.9 Å². The molecule has 0 aliphatic heterocycles. The lowest BCUT2D eigenvalue weighted by Gasteiger charge is -2.06. The van der Waals surface area contributed by atoms with Gasteiger partial charge in [0.1, 0.15) is 6.07 Å². The number of nitrogens with one attached hydrogen (secondary N) is 1. The molecule has 6 nitrogen and oxygen atoms in total. The van der Waals surface area contributed by atoms with Crippen LogP contribution in [-0.2, 0) is 14.3 Å². The van der Waals surface area contributed by atoms with Gasteiger partial charge in [-0.2, -0.15) is 5.26 Å². The fourth-order valence-corrected chi connectivity index (χ4v) is 1.13. The molecule has 0 saturated heterocycles. The summed E-state index contributed by atoms with van der Waals surface area (Å²) in [6.07, 6.45) is 0. The van der Waals surface area contributed by atoms with Gasteiger partial charge in [0.2, 0.25) is 0 Å². The number of nitrogens with zero attached hydrogens (tertiary/aromatic N) is 1. The lowest BCUT2D eigenvalue weighted by Crippen LogP contribution is -2.25. The summed E-state index contributed by atoms with van der Waals surface area (Å²) in [5.74, 6) is -1.92. The Labute approximate surface area is 98.0 Å². The molecule has 6 heteroatoms. The average Bonchev–Trinajstić information content (AvgIpc) is 2.31. The third-order valence-electron chi connectivity index (χ3n) is 1.87. The van der Waals surface area contributed by atoms with E-state index in [0.717, 1.165) is 0 Å². The molecule has 1 aromatic rings. The highest BCUT2D eigenvalue weighted by Crippen LogP contribution is 2.17. The van der Waals surface area contributed by atoms with Gasteiger partial charge < -0.3 is 15.8 Å². The number of nitriles is 1. The van der Waals surface area contributed by atoms with Crippen molar-refractivity contribution in [3.8, 4) is 6.07 Å². The van der Waals surface area contributed by atoms with Gasteiger partial charge in [0, 0.05) is 5.69 Å². The maximum Gasteiger partial charge on any atom is 0.397 e. The van der Waals surface area contributed by atoms with Gasteiger partial charge in [-0.15, -0.1) is 0 Å². The Balaban J connectivity index is 2.86. The number of amides is 1. The Morgan fingerprint density at radius 1 is 1.53 bits per heavy atom. The van der Waals surface area contributed by atoms with Crippen molar-refractivity contribution in [1.29, 1.82) is 5.26 Å². The molecule has 1 amide bonds. The summed E-state index contributed by atoms with van der Waals surface area (Å²) in [7, 11) is 0. The molecule has 1 rings (SSSR count). The largest absolute Gasteiger partial charge is 0.459 e. The van der Waals surface area contributed by atoms with E-state index in [9.17, 15) is 9.59 Å². The molecule has 0 radical (unpaired) electrons. The van der Waals surface area contributed by atoms with Crippen molar-refractivity contribution in [1.82, 2.24) is 0 Å². The number of hydrogen-bond donors (Lipinski definition) is 2. The molecule has 1 aromatic carbocycles. The molecule has 0 unspecified atom stereocenters. The highest BCUT2D eigenvalue weighted by atomic mass is 16.5. The number of benzene rings is 1. The number of carbonyl (C=O) groups excluding carboxylic acids is 2. The summed E-state index contributed by atoms with van der Waals surface area (Å²) >= 11 is 0. The molecule has 17 heavy (non-hydrogen) atoms. The smallest absolute Gasteiger partial charge is 0.397 e. The van der Waals surface area contributed by atoms with E-state index in [1.807, 2.05) is 6.07 Å². The third-order valence-corrected chi connectivity index (χ3v) is 1.87. The van der Waals surface area contributed by atoms with E-state index >= 15 is 0 Å². The van der Waals surface area contributed by atoms with Gasteiger partial charge in [-0.25, -0.2) is 4.79 Å². The summed E-state index contributed by atoms with van der Waals surface area (Å²) < 4.78 is 4.51. The van der Waals surface area contributed by atoms with Gasteiger partial charge in [0.25, 0.3) is 0 Å². The highest BCUT2D eigenvalue weighted by Gasteiger charge is 2.16. The Morgan fingerprint density at radius 3 is 2.82 bits per heavy atom. The van der Waals surface area contributed by atoms with Gasteiger partial charge >= 0.3 is 11.9 Å². The van der Waals surface area contributed by atoms with Crippen LogP contribution in [0.25, 0.3) is 0 Å². The van der Waals surface area contributed by atoms with Crippen molar-refractivity contribution in [2.75, 3.05) is 17.7 Å². The minimum atomic E-state index is -0.992. The number of hydrogen-bond acceptors (Lipinski definition) is 5. The number of nitrogens with two attached hydrogens (primary N) is 1. The molecular weight excluding hydrogens is 222 g/mol. The Kier molecular flexibility index (Phi) is 4.06. The Bertz CT molecular complexity index is 491. The van der Waals surface area contributed by atoms with Crippen LogP contribution in [0.15, 0.2) is 18.2 Å². The number of rotatable bonds is 2. The zero-order valence-corrected chi connectivity index (χ0v) is 9.19. The van der Waals surface area contributed by atoms with Crippen LogP contribution in [0, 0.1) is 11.3 Å². The van der Waals surface area contributed by atoms with Crippen LogP contribution in [0.4, 0.5) is 11.4 Å². The van der Waals surface area contributed by atoms with E-state index < -0.39 is 11.9 Å². The first-order valence-electron chi connectivity index (χ1n) is 4.86. The van der Waals surface area contributed by atoms with Crippen LogP contribution < -0.4 is 11.1 Å². The number of ether oxygens (including phenoxy) is 1. The van der Waals surface area contributed by atoms with Crippen molar-refractivity contribution < 1.29 is 14.3 Å². The maximum atomic E-state index is 11.3. The minimum absolute atomic E-state index is 0.110. The molecule has 3 N–H and O–H groups in total. The second-order valence-corrected chi connectivity index (χ2v) is 3.09. The van der Waals surface area contributed by atoms with Gasteiger partial charge in [-0.1, -0.05) is 0 Å². The number of carbonyl (C=O) groups is 2. The number of anilines is 2. The zero-order chi connectivity index (χ0) is 12.8. The maximum absolute atomic E-state index is 11.3. The Hall–Kier alpha value is -2.55. The normalized spacial score (nSPS) is 9.18. The summed E-state index contributed by atoms with van der Waals surface area (Å²) in [4.78, 5) is 22.4. The first-order valence-corrected chi connectivity index (χ1v) is 4.86. The van der Waals surface area contributed by atoms with E-state index in [1.165, 1.54) is 18.2 Å². The second kappa shape index (κ2) is 5.51. The number of nitrogen functional groups attached to an aromatic ring is 1. The van der Waals surface area contributed by atoms with Gasteiger partial charge in [0.15, 0.2) is 0 Å². The summed E-state index contributed by atoms with van der Waals surface area (Å²) in [6, 6.07) is 6.23. The van der Waals surface area contributed by atoms with Crippen molar-refractivity contribution >= 4 is 23.3 Å². The summed E-state index contributed by atoms with van der Waals surface area (Å²) in [5, 5.41) is 11.1. The van der Waals surface area contributed by atoms with Crippen LogP contribution in [0.1, 0.15) is 12.5 Å². The molecule has 0 aromatic heterocycles. The van der Waals surface area contributed by atoms with E-state index in [4.69, 9.17) is 11.0 Å². The monoisotopic (exact) mass is 233 g/mol. The molecule has 0 aliphatic carbocycles. The molecule has 0 aliphatic rings. The van der Waals surface area contributed by atoms with Crippen LogP contribution in [0.2, 0.25) is 0 Å². The quantitative estimate of drug-likeness (QED) is 0.443. The summed E-state index contributed by atoms with van der Waals surface area (Å²) in [5.41, 5.74) is 6.29. The number of esters is 1. The third kappa shape index (κ3) is 3.21. The van der Waals surface area contributed by atoms with E-state index in [2.05, 4.69) is 10.1 Å². The van der Waals surface area contributed by atoms with Crippen molar-refractivity contribution in [2.45, 2.75) is 6.92 Å². The van der Waals surface area contributed by atoms with Crippen LogP contribution >= 0.6 is 0 Å². The van der Waals surface area contributed by atoms with E-state index in [-0.39, 0.29) is 17.9 Å². The molecule has 0 bridgehead atoms. The predicted molar refractivity (Wildman–Crippen MR) is 60.8 cm³/mol. The lowest BCUT2D eigenvalue weighted by atomic mass is 10.1. The first kappa shape index (κ1) is 12.5. The molecule has 88 valence electrons. The standard InChI is InChI=1S/C11H11N3O3/c1-2-17-11(16)10(15)14-9-4-3-8(13)5-7(9)6-12/h3-5H,2,13H2,1H3,(H,14,15). The highest BCUT2D eigenvalue weighted by molar-refractivity contribution is 6.37. The average molecular weight is 233 g/mol. The minimum Gasteiger partial charge on any atom is -0.459 e. The molecule has 0 heterocycles. The fourth-order valence-electron chi connectivity index (χ4n) is 1.13. The van der Waals surface area contributed by atoms with E-state index in [1.54, 1.807) is 6.92 Å². The van der Waals surface area contributed by atoms with Crippen LogP contribution in [-0.4, -0.2) is 18.5 Å². The molecule has 0 atom stereocenters. The van der Waals surface area contributed by atoms with Gasteiger partial charge in [-0.3, -0.25) is 4.79 Å². The first-order chi connectivity index (χ1) is 8.08. The van der Waals surface area contributed by atoms with Crippen LogP contribution in [0.3, 0.4) is 0 Å². The van der Waals surface area contributed by atoms with Crippen molar-refractivity contribution in [3.63, 3.8) is 0 Å². The summed E-state index contributed by atoms with van der Waals surface area (Å²) in [6.45, 7) is 1.70. The topological polar surface area (TPSA) is 105 Å². The van der Waals surface area contributed by atoms with E-state index in [0.29, 0.717) is 5.69 Å². The fraction of sp³-hybridized carbons (Fsp3) is 0.182. The second-order valence-electron chi connectivity index (χ2n) is 3.09. The Morgan fingerprint density at radius 2 is 2.24 bits per heavy atom. The van der Waals surface area contributed by atoms with Gasteiger partial charge in [-0.05, 0) is 25.1 Å². The van der Waals surface area contributed by atoms with Crippen LogP contribution in [0.5, 0.6) is 0 Å². The predicted octanol–water partition coefficient (Wildman–Crippen LogP) is 0.642. The molecule has 0 spiro atoms. The van der Waals surface area contributed by atoms with Crippen molar-refractivity contribution in [2.24, 2.45) is 0 Å². The lowest BCUT2D eigenvalue weighted by molar-refractivity contribution is -0.152. The molecular formula is C11H11N3O3. The molecule has 0 saturated carbocycles. The zero-order valence-electron chi connectivity index (χ0n) is 9.19. The molecule has 0 fully saturated rings.